The van der Waals surface area contributed by atoms with E-state index in [1.54, 1.807) is 6.07 Å². The Bertz CT molecular complexity index is 336. The van der Waals surface area contributed by atoms with Gasteiger partial charge >= 0.3 is 0 Å². The maximum Gasteiger partial charge on any atom is 0.253 e. The number of carbonyl (C=O) groups is 1. The van der Waals surface area contributed by atoms with E-state index in [4.69, 9.17) is 5.73 Å². The van der Waals surface area contributed by atoms with Gasteiger partial charge in [0, 0.05) is 18.8 Å². The molecule has 0 unspecified atom stereocenters. The van der Waals surface area contributed by atoms with Gasteiger partial charge in [0.15, 0.2) is 0 Å². The number of hydrogen-bond acceptors (Lipinski definition) is 3. The van der Waals surface area contributed by atoms with Gasteiger partial charge in [-0.1, -0.05) is 0 Å². The molecule has 4 nitrogen and oxygen atoms in total. The molecule has 0 atom stereocenters. The van der Waals surface area contributed by atoms with Crippen molar-refractivity contribution in [2.75, 3.05) is 13.1 Å². The lowest BCUT2D eigenvalue weighted by atomic mass is 10.2. The second-order valence-corrected chi connectivity index (χ2v) is 3.13. The molecule has 1 rings (SSSR count). The van der Waals surface area contributed by atoms with Crippen LogP contribution in [0.4, 0.5) is 0 Å². The summed E-state index contributed by atoms with van der Waals surface area (Å²) in [6, 6.07) is 3.61. The number of nitrogens with two attached hydrogens (primary N) is 1. The summed E-state index contributed by atoms with van der Waals surface area (Å²) < 4.78 is 0. The van der Waals surface area contributed by atoms with Crippen LogP contribution in [0.5, 0.6) is 0 Å². The molecule has 0 aliphatic heterocycles. The highest BCUT2D eigenvalue weighted by atomic mass is 16.1. The Hall–Kier alpha value is -1.42. The lowest BCUT2D eigenvalue weighted by Gasteiger charge is -2.06. The largest absolute Gasteiger partial charge is 0.351 e. The first-order chi connectivity index (χ1) is 6.65. The first-order valence-corrected chi connectivity index (χ1v) is 4.57. The average Bonchev–Trinajstić information content (AvgIpc) is 2.14. The van der Waals surface area contributed by atoms with Crippen LogP contribution in [0, 0.1) is 13.8 Å². The zero-order valence-corrected chi connectivity index (χ0v) is 8.50. The quantitative estimate of drug-likeness (QED) is 0.729. The minimum Gasteiger partial charge on any atom is -0.351 e. The van der Waals surface area contributed by atoms with Gasteiger partial charge in [-0.05, 0) is 26.0 Å². The molecule has 1 heterocycles. The fourth-order valence-electron chi connectivity index (χ4n) is 1.21. The molecule has 0 aliphatic rings. The molecule has 0 aliphatic carbocycles. The summed E-state index contributed by atoms with van der Waals surface area (Å²) in [6.45, 7) is 4.66. The summed E-state index contributed by atoms with van der Waals surface area (Å²) in [5.74, 6) is -0.111. The van der Waals surface area contributed by atoms with Crippen LogP contribution in [-0.4, -0.2) is 24.0 Å². The van der Waals surface area contributed by atoms with Gasteiger partial charge in [0.1, 0.15) is 0 Å². The molecule has 4 heteroatoms. The second-order valence-electron chi connectivity index (χ2n) is 3.13. The second kappa shape index (κ2) is 4.72. The topological polar surface area (TPSA) is 68.0 Å². The van der Waals surface area contributed by atoms with Gasteiger partial charge in [0.05, 0.1) is 11.3 Å². The molecule has 1 aromatic rings. The summed E-state index contributed by atoms with van der Waals surface area (Å²) in [7, 11) is 0. The first-order valence-electron chi connectivity index (χ1n) is 4.57. The van der Waals surface area contributed by atoms with Crippen molar-refractivity contribution in [3.05, 3.63) is 29.1 Å². The number of rotatable bonds is 3. The predicted octanol–water partition coefficient (Wildman–Crippen LogP) is 0.387. The van der Waals surface area contributed by atoms with Crippen molar-refractivity contribution >= 4 is 5.91 Å². The molecule has 0 saturated heterocycles. The third-order valence-electron chi connectivity index (χ3n) is 1.90. The minimum absolute atomic E-state index is 0.111. The lowest BCUT2D eigenvalue weighted by molar-refractivity contribution is 0.0953. The molecule has 0 radical (unpaired) electrons. The van der Waals surface area contributed by atoms with Crippen LogP contribution >= 0.6 is 0 Å². The number of nitrogens with one attached hydrogen (secondary N) is 1. The van der Waals surface area contributed by atoms with E-state index in [0.29, 0.717) is 18.7 Å². The Morgan fingerprint density at radius 1 is 1.50 bits per heavy atom. The van der Waals surface area contributed by atoms with E-state index in [2.05, 4.69) is 10.3 Å². The highest BCUT2D eigenvalue weighted by Gasteiger charge is 2.08. The number of aryl methyl sites for hydroxylation is 2. The molecule has 14 heavy (non-hydrogen) atoms. The molecule has 0 saturated carbocycles. The average molecular weight is 193 g/mol. The van der Waals surface area contributed by atoms with E-state index in [0.717, 1.165) is 11.4 Å². The van der Waals surface area contributed by atoms with Crippen LogP contribution in [0.15, 0.2) is 12.1 Å². The number of pyridine rings is 1. The zero-order valence-electron chi connectivity index (χ0n) is 8.50. The fourth-order valence-corrected chi connectivity index (χ4v) is 1.21. The third-order valence-corrected chi connectivity index (χ3v) is 1.90. The maximum atomic E-state index is 11.5. The zero-order chi connectivity index (χ0) is 10.6. The Kier molecular flexibility index (Phi) is 3.59. The maximum absolute atomic E-state index is 11.5. The normalized spacial score (nSPS) is 9.93. The molecular formula is C10H15N3O. The van der Waals surface area contributed by atoms with Gasteiger partial charge in [0.25, 0.3) is 5.91 Å². The Morgan fingerprint density at radius 2 is 2.21 bits per heavy atom. The van der Waals surface area contributed by atoms with Gasteiger partial charge in [0.2, 0.25) is 0 Å². The number of amides is 1. The van der Waals surface area contributed by atoms with Crippen molar-refractivity contribution in [2.24, 2.45) is 5.73 Å². The van der Waals surface area contributed by atoms with Crippen molar-refractivity contribution in [2.45, 2.75) is 13.8 Å². The number of nitrogens with zero attached hydrogens (tertiary/aromatic N) is 1. The summed E-state index contributed by atoms with van der Waals surface area (Å²) in [6.07, 6.45) is 0. The van der Waals surface area contributed by atoms with E-state index in [-0.39, 0.29) is 5.91 Å². The number of carbonyl (C=O) groups excluding carboxylic acids is 1. The van der Waals surface area contributed by atoms with E-state index < -0.39 is 0 Å². The van der Waals surface area contributed by atoms with Gasteiger partial charge in [-0.25, -0.2) is 0 Å². The van der Waals surface area contributed by atoms with E-state index in [9.17, 15) is 4.79 Å². The van der Waals surface area contributed by atoms with Crippen molar-refractivity contribution in [1.29, 1.82) is 0 Å². The molecular weight excluding hydrogens is 178 g/mol. The molecule has 1 amide bonds. The highest BCUT2D eigenvalue weighted by molar-refractivity contribution is 5.95. The van der Waals surface area contributed by atoms with Gasteiger partial charge < -0.3 is 11.1 Å². The van der Waals surface area contributed by atoms with Crippen molar-refractivity contribution in [3.8, 4) is 0 Å². The van der Waals surface area contributed by atoms with Crippen molar-refractivity contribution in [3.63, 3.8) is 0 Å². The fraction of sp³-hybridized carbons (Fsp3) is 0.400. The minimum atomic E-state index is -0.111. The van der Waals surface area contributed by atoms with Crippen LogP contribution in [0.1, 0.15) is 21.7 Å². The van der Waals surface area contributed by atoms with Gasteiger partial charge in [-0.2, -0.15) is 0 Å². The Morgan fingerprint density at radius 3 is 2.79 bits per heavy atom. The molecule has 0 spiro atoms. The standard InChI is InChI=1S/C10H15N3O/c1-7-3-4-9(8(2)13-7)10(14)12-6-5-11/h3-4H,5-6,11H2,1-2H3,(H,12,14). The SMILES string of the molecule is Cc1ccc(C(=O)NCCN)c(C)n1. The van der Waals surface area contributed by atoms with Crippen LogP contribution in [0.2, 0.25) is 0 Å². The number of aromatic nitrogens is 1. The van der Waals surface area contributed by atoms with Crippen LogP contribution in [-0.2, 0) is 0 Å². The Labute approximate surface area is 83.5 Å². The van der Waals surface area contributed by atoms with Gasteiger partial charge in [-0.3, -0.25) is 9.78 Å². The third kappa shape index (κ3) is 2.53. The van der Waals surface area contributed by atoms with Crippen molar-refractivity contribution < 1.29 is 4.79 Å². The molecule has 76 valence electrons. The molecule has 0 fully saturated rings. The molecule has 0 bridgehead atoms. The van der Waals surface area contributed by atoms with Crippen LogP contribution in [0.25, 0.3) is 0 Å². The summed E-state index contributed by atoms with van der Waals surface area (Å²) in [5, 5.41) is 2.70. The Balaban J connectivity index is 2.80. The molecule has 0 aromatic carbocycles. The number of hydrogen-bond donors (Lipinski definition) is 2. The van der Waals surface area contributed by atoms with Crippen LogP contribution in [0.3, 0.4) is 0 Å². The monoisotopic (exact) mass is 193 g/mol. The first kappa shape index (κ1) is 10.7. The lowest BCUT2D eigenvalue weighted by Crippen LogP contribution is -2.29. The van der Waals surface area contributed by atoms with Crippen LogP contribution < -0.4 is 11.1 Å². The summed E-state index contributed by atoms with van der Waals surface area (Å²) in [5.41, 5.74) is 7.57. The summed E-state index contributed by atoms with van der Waals surface area (Å²) >= 11 is 0. The van der Waals surface area contributed by atoms with Gasteiger partial charge in [-0.15, -0.1) is 0 Å². The van der Waals surface area contributed by atoms with E-state index in [1.165, 1.54) is 0 Å². The van der Waals surface area contributed by atoms with E-state index in [1.807, 2.05) is 19.9 Å². The smallest absolute Gasteiger partial charge is 0.253 e. The highest BCUT2D eigenvalue weighted by Crippen LogP contribution is 2.05. The molecule has 3 N–H and O–H groups in total. The summed E-state index contributed by atoms with van der Waals surface area (Å²) in [4.78, 5) is 15.7. The predicted molar refractivity (Wildman–Crippen MR) is 55.1 cm³/mol. The van der Waals surface area contributed by atoms with E-state index >= 15 is 0 Å². The van der Waals surface area contributed by atoms with Crippen molar-refractivity contribution in [1.82, 2.24) is 10.3 Å². The molecule has 1 aromatic heterocycles.